The third-order valence-corrected chi connectivity index (χ3v) is 7.96. The first kappa shape index (κ1) is 29.8. The third-order valence-electron chi connectivity index (χ3n) is 7.96. The van der Waals surface area contributed by atoms with E-state index in [-0.39, 0.29) is 12.2 Å². The number of benzene rings is 3. The first-order valence-corrected chi connectivity index (χ1v) is 15.0. The molecule has 0 saturated carbocycles. The van der Waals surface area contributed by atoms with Crippen molar-refractivity contribution in [2.45, 2.75) is 31.5 Å². The van der Waals surface area contributed by atoms with Crippen LogP contribution in [0.2, 0.25) is 0 Å². The number of aryl methyl sites for hydroxylation is 1. The maximum absolute atomic E-state index is 13.6. The van der Waals surface area contributed by atoms with Crippen molar-refractivity contribution in [1.82, 2.24) is 19.5 Å². The first-order valence-electron chi connectivity index (χ1n) is 15.0. The van der Waals surface area contributed by atoms with Crippen LogP contribution in [0.25, 0.3) is 22.1 Å². The van der Waals surface area contributed by atoms with Gasteiger partial charge in [0.25, 0.3) is 0 Å². The molecule has 0 spiro atoms. The lowest BCUT2D eigenvalue weighted by Crippen LogP contribution is -2.41. The van der Waals surface area contributed by atoms with Crippen molar-refractivity contribution in [3.8, 4) is 0 Å². The Labute approximate surface area is 268 Å². The van der Waals surface area contributed by atoms with Crippen LogP contribution in [-0.4, -0.2) is 62.3 Å². The van der Waals surface area contributed by atoms with E-state index in [1.807, 2.05) is 13.0 Å². The highest BCUT2D eigenvalue weighted by atomic mass is 16.7. The summed E-state index contributed by atoms with van der Waals surface area (Å²) >= 11 is 0. The molecule has 4 heterocycles. The number of pyridine rings is 1. The molecule has 0 amide bonds. The van der Waals surface area contributed by atoms with Gasteiger partial charge in [-0.2, -0.15) is 0 Å². The van der Waals surface area contributed by atoms with Gasteiger partial charge in [0.15, 0.2) is 18.4 Å². The van der Waals surface area contributed by atoms with E-state index in [9.17, 15) is 14.4 Å². The first-order chi connectivity index (χ1) is 23.0. The Morgan fingerprint density at radius 1 is 0.702 bits per heavy atom. The van der Waals surface area contributed by atoms with Crippen LogP contribution in [0, 0.1) is 6.92 Å². The smallest absolute Gasteiger partial charge is 0.338 e. The number of hydrogen-bond acceptors (Lipinski definition) is 10. The van der Waals surface area contributed by atoms with Crippen molar-refractivity contribution in [3.63, 3.8) is 0 Å². The van der Waals surface area contributed by atoms with Crippen molar-refractivity contribution in [1.29, 1.82) is 0 Å². The summed E-state index contributed by atoms with van der Waals surface area (Å²) in [5.41, 5.74) is 3.34. The molecule has 3 aromatic heterocycles. The Balaban J connectivity index is 1.33. The fourth-order valence-electron chi connectivity index (χ4n) is 5.74. The lowest BCUT2D eigenvalue weighted by atomic mass is 10.1. The summed E-state index contributed by atoms with van der Waals surface area (Å²) in [4.78, 5) is 53.6. The monoisotopic (exact) mass is 628 g/mol. The van der Waals surface area contributed by atoms with Gasteiger partial charge in [-0.25, -0.2) is 24.4 Å². The minimum absolute atomic E-state index is 0.286. The second-order valence-electron chi connectivity index (χ2n) is 10.9. The molecule has 0 N–H and O–H groups in total. The molecule has 11 nitrogen and oxygen atoms in total. The Morgan fingerprint density at radius 3 is 1.89 bits per heavy atom. The van der Waals surface area contributed by atoms with E-state index in [1.54, 1.807) is 108 Å². The van der Waals surface area contributed by atoms with Gasteiger partial charge in [-0.05, 0) is 55.5 Å². The zero-order chi connectivity index (χ0) is 32.3. The maximum atomic E-state index is 13.6. The van der Waals surface area contributed by atoms with E-state index in [4.69, 9.17) is 18.9 Å². The van der Waals surface area contributed by atoms with E-state index in [0.717, 1.165) is 0 Å². The van der Waals surface area contributed by atoms with Gasteiger partial charge in [-0.1, -0.05) is 54.6 Å². The van der Waals surface area contributed by atoms with Crippen LogP contribution in [0.1, 0.15) is 43.0 Å². The summed E-state index contributed by atoms with van der Waals surface area (Å²) in [6, 6.07) is 29.0. The van der Waals surface area contributed by atoms with Crippen LogP contribution in [-0.2, 0) is 18.9 Å². The number of hydrogen-bond donors (Lipinski definition) is 0. The highest BCUT2D eigenvalue weighted by Gasteiger charge is 2.52. The van der Waals surface area contributed by atoms with Crippen LogP contribution < -0.4 is 0 Å². The quantitative estimate of drug-likeness (QED) is 0.157. The molecule has 1 aliphatic rings. The lowest BCUT2D eigenvalue weighted by Gasteiger charge is -2.25. The van der Waals surface area contributed by atoms with Crippen molar-refractivity contribution < 1.29 is 33.3 Å². The molecule has 1 saturated heterocycles. The highest BCUT2D eigenvalue weighted by molar-refractivity contribution is 6.05. The summed E-state index contributed by atoms with van der Waals surface area (Å²) in [5, 5.41) is 0.691. The Hall–Kier alpha value is -5.94. The number of ether oxygens (including phenoxy) is 4. The van der Waals surface area contributed by atoms with Crippen molar-refractivity contribution >= 4 is 40.0 Å². The van der Waals surface area contributed by atoms with E-state index in [0.29, 0.717) is 38.9 Å². The summed E-state index contributed by atoms with van der Waals surface area (Å²) in [6.07, 6.45) is -1.42. The average Bonchev–Trinajstić information content (AvgIpc) is 3.63. The normalized spacial score (nSPS) is 19.0. The van der Waals surface area contributed by atoms with Crippen molar-refractivity contribution in [3.05, 3.63) is 138 Å². The van der Waals surface area contributed by atoms with E-state index in [2.05, 4.69) is 15.0 Å². The molecule has 234 valence electrons. The van der Waals surface area contributed by atoms with Gasteiger partial charge in [0.2, 0.25) is 0 Å². The van der Waals surface area contributed by atoms with Gasteiger partial charge in [0.1, 0.15) is 24.7 Å². The standard InChI is InChI=1S/C36H28N4O7/c1-22-28-29-26(18-11-19-37-29)40(32(28)39-21-38-22)33-31(47-36(43)25-16-9-4-10-17-25)30(46-35(42)24-14-7-3-8-15-24)27(45-33)20-44-34(41)23-12-5-2-6-13-23/h2-19,21,27,30-31,33H,20H2,1H3/t27-,30-,31-,33-/m1/s1. The molecule has 1 aliphatic heterocycles. The van der Waals surface area contributed by atoms with E-state index < -0.39 is 42.4 Å². The summed E-state index contributed by atoms with van der Waals surface area (Å²) < 4.78 is 26.3. The Kier molecular flexibility index (Phi) is 8.11. The van der Waals surface area contributed by atoms with E-state index in [1.165, 1.54) is 6.33 Å². The summed E-state index contributed by atoms with van der Waals surface area (Å²) in [5.74, 6) is -1.91. The number of aromatic nitrogens is 4. The van der Waals surface area contributed by atoms with Gasteiger partial charge in [-0.3, -0.25) is 9.55 Å². The van der Waals surface area contributed by atoms with Gasteiger partial charge >= 0.3 is 17.9 Å². The van der Waals surface area contributed by atoms with Gasteiger partial charge in [-0.15, -0.1) is 0 Å². The predicted octanol–water partition coefficient (Wildman–Crippen LogP) is 5.49. The SMILES string of the molecule is Cc1ncnc2c1c1ncccc1n2[C@@H]1O[C@H](COC(=O)c2ccccc2)[C@@H](OC(=O)c2ccccc2)[C@H]1OC(=O)c1ccccc1. The molecule has 11 heteroatoms. The largest absolute Gasteiger partial charge is 0.459 e. The zero-order valence-corrected chi connectivity index (χ0v) is 25.1. The van der Waals surface area contributed by atoms with Crippen LogP contribution >= 0.6 is 0 Å². The van der Waals surface area contributed by atoms with E-state index >= 15 is 0 Å². The minimum Gasteiger partial charge on any atom is -0.459 e. The van der Waals surface area contributed by atoms with Crippen molar-refractivity contribution in [2.75, 3.05) is 6.61 Å². The van der Waals surface area contributed by atoms with Crippen LogP contribution in [0.15, 0.2) is 116 Å². The van der Waals surface area contributed by atoms with Crippen molar-refractivity contribution in [2.24, 2.45) is 0 Å². The van der Waals surface area contributed by atoms with Crippen LogP contribution in [0.3, 0.4) is 0 Å². The number of carbonyl (C=O) groups is 3. The van der Waals surface area contributed by atoms with Crippen LogP contribution in [0.5, 0.6) is 0 Å². The summed E-state index contributed by atoms with van der Waals surface area (Å²) in [7, 11) is 0. The molecule has 0 radical (unpaired) electrons. The molecular formula is C36H28N4O7. The molecule has 47 heavy (non-hydrogen) atoms. The molecule has 1 fully saturated rings. The molecule has 0 unspecified atom stereocenters. The number of carbonyl (C=O) groups excluding carboxylic acids is 3. The fourth-order valence-corrected chi connectivity index (χ4v) is 5.74. The molecule has 7 rings (SSSR count). The molecule has 0 aliphatic carbocycles. The van der Waals surface area contributed by atoms with Gasteiger partial charge < -0.3 is 18.9 Å². The topological polar surface area (TPSA) is 132 Å². The molecule has 3 aromatic carbocycles. The lowest BCUT2D eigenvalue weighted by molar-refractivity contribution is -0.0588. The maximum Gasteiger partial charge on any atom is 0.338 e. The van der Waals surface area contributed by atoms with Gasteiger partial charge in [0, 0.05) is 6.20 Å². The third kappa shape index (κ3) is 5.80. The van der Waals surface area contributed by atoms with Crippen LogP contribution in [0.4, 0.5) is 0 Å². The predicted molar refractivity (Wildman–Crippen MR) is 169 cm³/mol. The average molecular weight is 629 g/mol. The fraction of sp³-hybridized carbons (Fsp3) is 0.167. The molecule has 4 atom stereocenters. The second kappa shape index (κ2) is 12.8. The molecular weight excluding hydrogens is 600 g/mol. The molecule has 0 bridgehead atoms. The van der Waals surface area contributed by atoms with Gasteiger partial charge in [0.05, 0.1) is 38.8 Å². The number of fused-ring (bicyclic) bond motifs is 3. The number of esters is 3. The highest BCUT2D eigenvalue weighted by Crippen LogP contribution is 2.40. The zero-order valence-electron chi connectivity index (χ0n) is 25.1. The summed E-state index contributed by atoms with van der Waals surface area (Å²) in [6.45, 7) is 1.54. The number of rotatable bonds is 8. The second-order valence-corrected chi connectivity index (χ2v) is 10.9. The number of nitrogens with zero attached hydrogens (tertiary/aromatic N) is 4. The Morgan fingerprint density at radius 2 is 1.28 bits per heavy atom. The Bertz CT molecular complexity index is 2070. The minimum atomic E-state index is -1.20. The molecule has 6 aromatic rings.